The fraction of sp³-hybridized carbons (Fsp3) is 0.600. The Morgan fingerprint density at radius 2 is 2.27 bits per heavy atom. The Kier molecular flexibility index (Phi) is 1.43. The lowest BCUT2D eigenvalue weighted by atomic mass is 9.55. The summed E-state index contributed by atoms with van der Waals surface area (Å²) in [7, 11) is 0. The highest BCUT2D eigenvalue weighted by molar-refractivity contribution is 5.38. The molecular weight excluding hydrogens is 134 g/mol. The molecule has 0 bridgehead atoms. The van der Waals surface area contributed by atoms with Gasteiger partial charge in [-0.1, -0.05) is 30.7 Å². The van der Waals surface area contributed by atoms with Crippen LogP contribution in [0.3, 0.4) is 0 Å². The molecule has 4 atom stereocenters. The molecule has 0 aromatic carbocycles. The van der Waals surface area contributed by atoms with Crippen molar-refractivity contribution >= 4 is 0 Å². The Labute approximate surface area is 68.0 Å². The highest BCUT2D eigenvalue weighted by Gasteiger charge is 2.44. The van der Waals surface area contributed by atoms with Crippen molar-refractivity contribution in [3.63, 3.8) is 0 Å². The highest BCUT2D eigenvalue weighted by Crippen LogP contribution is 2.52. The maximum Gasteiger partial charge on any atom is 0.0197 e. The molecule has 0 spiro atoms. The lowest BCUT2D eigenvalue weighted by Crippen LogP contribution is -2.41. The highest BCUT2D eigenvalue weighted by atomic mass is 14.6. The van der Waals surface area contributed by atoms with Gasteiger partial charge in [0.15, 0.2) is 0 Å². The Hall–Kier alpha value is -0.560. The van der Waals surface area contributed by atoms with E-state index in [1.807, 2.05) is 6.92 Å². The maximum atomic E-state index is 5.70. The molecule has 1 heteroatoms. The van der Waals surface area contributed by atoms with Gasteiger partial charge >= 0.3 is 0 Å². The van der Waals surface area contributed by atoms with E-state index in [4.69, 9.17) is 5.73 Å². The summed E-state index contributed by atoms with van der Waals surface area (Å²) in [5.74, 6) is 2.37. The second-order valence-electron chi connectivity index (χ2n) is 3.80. The van der Waals surface area contributed by atoms with Gasteiger partial charge in [-0.05, 0) is 18.8 Å². The first kappa shape index (κ1) is 7.11. The number of fused-ring (bicyclic) bond motifs is 1. The molecule has 0 amide bonds. The molecule has 2 aliphatic carbocycles. The molecule has 4 unspecified atom stereocenters. The van der Waals surface area contributed by atoms with Crippen molar-refractivity contribution in [2.24, 2.45) is 23.5 Å². The Bertz CT molecular complexity index is 225. The van der Waals surface area contributed by atoms with Gasteiger partial charge in [-0.25, -0.2) is 0 Å². The summed E-state index contributed by atoms with van der Waals surface area (Å²) >= 11 is 0. The van der Waals surface area contributed by atoms with Crippen molar-refractivity contribution in [2.75, 3.05) is 0 Å². The lowest BCUT2D eigenvalue weighted by molar-refractivity contribution is 0.251. The van der Waals surface area contributed by atoms with Crippen molar-refractivity contribution in [3.05, 3.63) is 23.8 Å². The van der Waals surface area contributed by atoms with Gasteiger partial charge in [0, 0.05) is 12.0 Å². The number of nitrogens with two attached hydrogens (primary N) is 1. The SMILES string of the molecule is CC(N)/C=C1/C(C)C2C=CC12. The summed E-state index contributed by atoms with van der Waals surface area (Å²) in [6.45, 7) is 4.33. The van der Waals surface area contributed by atoms with Crippen LogP contribution in [0.1, 0.15) is 13.8 Å². The van der Waals surface area contributed by atoms with Gasteiger partial charge in [0.25, 0.3) is 0 Å². The zero-order chi connectivity index (χ0) is 8.01. The second-order valence-corrected chi connectivity index (χ2v) is 3.80. The minimum atomic E-state index is 0.224. The van der Waals surface area contributed by atoms with Crippen molar-refractivity contribution in [2.45, 2.75) is 19.9 Å². The third-order valence-corrected chi connectivity index (χ3v) is 2.90. The van der Waals surface area contributed by atoms with Crippen LogP contribution in [-0.4, -0.2) is 6.04 Å². The van der Waals surface area contributed by atoms with E-state index in [0.717, 1.165) is 17.8 Å². The van der Waals surface area contributed by atoms with Gasteiger partial charge in [-0.2, -0.15) is 0 Å². The third-order valence-electron chi connectivity index (χ3n) is 2.90. The Morgan fingerprint density at radius 1 is 1.55 bits per heavy atom. The molecule has 0 aromatic rings. The Morgan fingerprint density at radius 3 is 2.64 bits per heavy atom. The van der Waals surface area contributed by atoms with E-state index in [1.165, 1.54) is 0 Å². The minimum Gasteiger partial charge on any atom is -0.325 e. The standard InChI is InChI=1S/C10H15N/c1-6(11)5-10-7(2)8-3-4-9(8)10/h3-9H,11H2,1-2H3/b10-5-. The smallest absolute Gasteiger partial charge is 0.0197 e. The summed E-state index contributed by atoms with van der Waals surface area (Å²) in [6, 6.07) is 0.224. The van der Waals surface area contributed by atoms with Crippen LogP contribution in [0.4, 0.5) is 0 Å². The summed E-state index contributed by atoms with van der Waals surface area (Å²) in [5, 5.41) is 0. The normalized spacial score (nSPS) is 46.1. The van der Waals surface area contributed by atoms with Gasteiger partial charge < -0.3 is 5.73 Å². The molecule has 0 aromatic heterocycles. The first-order chi connectivity index (χ1) is 5.20. The van der Waals surface area contributed by atoms with E-state index in [9.17, 15) is 0 Å². The van der Waals surface area contributed by atoms with Crippen LogP contribution >= 0.6 is 0 Å². The third kappa shape index (κ3) is 0.875. The summed E-state index contributed by atoms with van der Waals surface area (Å²) in [4.78, 5) is 0. The first-order valence-electron chi connectivity index (χ1n) is 4.35. The van der Waals surface area contributed by atoms with Crippen molar-refractivity contribution in [3.8, 4) is 0 Å². The molecule has 2 N–H and O–H groups in total. The quantitative estimate of drug-likeness (QED) is 0.564. The molecule has 0 heterocycles. The molecule has 0 aliphatic heterocycles. The number of hydrogen-bond donors (Lipinski definition) is 1. The fourth-order valence-electron chi connectivity index (χ4n) is 2.14. The van der Waals surface area contributed by atoms with Crippen LogP contribution in [0.2, 0.25) is 0 Å². The zero-order valence-corrected chi connectivity index (χ0v) is 7.12. The largest absolute Gasteiger partial charge is 0.325 e. The first-order valence-corrected chi connectivity index (χ1v) is 4.35. The maximum absolute atomic E-state index is 5.70. The summed E-state index contributed by atoms with van der Waals surface area (Å²) in [5.41, 5.74) is 7.26. The van der Waals surface area contributed by atoms with E-state index in [2.05, 4.69) is 25.2 Å². The fourth-order valence-corrected chi connectivity index (χ4v) is 2.14. The van der Waals surface area contributed by atoms with Crippen LogP contribution in [0.15, 0.2) is 23.8 Å². The molecule has 11 heavy (non-hydrogen) atoms. The predicted molar refractivity (Wildman–Crippen MR) is 47.0 cm³/mol. The van der Waals surface area contributed by atoms with E-state index in [-0.39, 0.29) is 6.04 Å². The van der Waals surface area contributed by atoms with Crippen LogP contribution in [0.5, 0.6) is 0 Å². The van der Waals surface area contributed by atoms with Crippen molar-refractivity contribution in [1.82, 2.24) is 0 Å². The Balaban J connectivity index is 2.12. The minimum absolute atomic E-state index is 0.224. The van der Waals surface area contributed by atoms with Gasteiger partial charge in [0.05, 0.1) is 0 Å². The molecule has 1 fully saturated rings. The predicted octanol–water partition coefficient (Wildman–Crippen LogP) is 1.71. The molecule has 60 valence electrons. The van der Waals surface area contributed by atoms with Crippen molar-refractivity contribution in [1.29, 1.82) is 0 Å². The molecular formula is C10H15N. The van der Waals surface area contributed by atoms with Crippen molar-refractivity contribution < 1.29 is 0 Å². The summed E-state index contributed by atoms with van der Waals surface area (Å²) < 4.78 is 0. The molecule has 0 radical (unpaired) electrons. The monoisotopic (exact) mass is 149 g/mol. The molecule has 0 saturated heterocycles. The van der Waals surface area contributed by atoms with Gasteiger partial charge in [-0.3, -0.25) is 0 Å². The number of allylic oxidation sites excluding steroid dienone is 3. The molecule has 1 nitrogen and oxygen atoms in total. The number of hydrogen-bond acceptors (Lipinski definition) is 1. The van der Waals surface area contributed by atoms with Crippen LogP contribution in [0.25, 0.3) is 0 Å². The van der Waals surface area contributed by atoms with Gasteiger partial charge in [0.1, 0.15) is 0 Å². The van der Waals surface area contributed by atoms with E-state index in [0.29, 0.717) is 0 Å². The van der Waals surface area contributed by atoms with Crippen LogP contribution in [0, 0.1) is 17.8 Å². The molecule has 2 aliphatic rings. The molecule has 2 rings (SSSR count). The average Bonchev–Trinajstić information content (AvgIpc) is 1.83. The average molecular weight is 149 g/mol. The number of rotatable bonds is 1. The topological polar surface area (TPSA) is 26.0 Å². The molecule has 1 saturated carbocycles. The van der Waals surface area contributed by atoms with Crippen LogP contribution in [-0.2, 0) is 0 Å². The van der Waals surface area contributed by atoms with E-state index in [1.54, 1.807) is 5.57 Å². The van der Waals surface area contributed by atoms with Gasteiger partial charge in [-0.15, -0.1) is 0 Å². The van der Waals surface area contributed by atoms with E-state index >= 15 is 0 Å². The van der Waals surface area contributed by atoms with Crippen LogP contribution < -0.4 is 5.73 Å². The summed E-state index contributed by atoms with van der Waals surface area (Å²) in [6.07, 6.45) is 6.82. The van der Waals surface area contributed by atoms with E-state index < -0.39 is 0 Å². The van der Waals surface area contributed by atoms with Gasteiger partial charge in [0.2, 0.25) is 0 Å². The lowest BCUT2D eigenvalue weighted by Gasteiger charge is -2.49. The second kappa shape index (κ2) is 2.21. The zero-order valence-electron chi connectivity index (χ0n) is 7.12.